The molecule has 0 saturated carbocycles. The molecule has 5 nitrogen and oxygen atoms in total. The van der Waals surface area contributed by atoms with E-state index in [1.54, 1.807) is 31.4 Å². The molecular weight excluding hydrogens is 296 g/mol. The Morgan fingerprint density at radius 2 is 1.87 bits per heavy atom. The van der Waals surface area contributed by atoms with E-state index in [2.05, 4.69) is 0 Å². The van der Waals surface area contributed by atoms with E-state index in [9.17, 15) is 15.0 Å². The molecule has 5 heteroatoms. The number of hydrogen-bond donors (Lipinski definition) is 2. The van der Waals surface area contributed by atoms with Crippen molar-refractivity contribution in [3.05, 3.63) is 53.1 Å². The second-order valence-corrected chi connectivity index (χ2v) is 5.32. The van der Waals surface area contributed by atoms with Gasteiger partial charge in [-0.05, 0) is 54.3 Å². The van der Waals surface area contributed by atoms with E-state index in [4.69, 9.17) is 9.47 Å². The Morgan fingerprint density at radius 1 is 1.13 bits per heavy atom. The molecule has 23 heavy (non-hydrogen) atoms. The van der Waals surface area contributed by atoms with Gasteiger partial charge in [0.1, 0.15) is 5.75 Å². The maximum absolute atomic E-state index is 11.7. The van der Waals surface area contributed by atoms with Crippen LogP contribution in [0.3, 0.4) is 0 Å². The summed E-state index contributed by atoms with van der Waals surface area (Å²) in [5.74, 6) is -0.554. The van der Waals surface area contributed by atoms with Gasteiger partial charge in [-0.2, -0.15) is 0 Å². The number of ether oxygens (including phenoxy) is 2. The van der Waals surface area contributed by atoms with E-state index < -0.39 is 11.9 Å². The number of phenolic OH excluding ortho intramolecular Hbond substituents is 1. The number of hydrogen-bond acceptors (Lipinski definition) is 4. The predicted octanol–water partition coefficient (Wildman–Crippen LogP) is 3.13. The Kier molecular flexibility index (Phi) is 5.11. The lowest BCUT2D eigenvalue weighted by molar-refractivity contribution is -0.138. The van der Waals surface area contributed by atoms with Gasteiger partial charge in [-0.25, -0.2) is 0 Å². The number of aryl methyl sites for hydroxylation is 1. The maximum atomic E-state index is 11.7. The topological polar surface area (TPSA) is 76.0 Å². The van der Waals surface area contributed by atoms with E-state index in [0.29, 0.717) is 11.5 Å². The van der Waals surface area contributed by atoms with Gasteiger partial charge < -0.3 is 19.7 Å². The molecular formula is C18H20O5. The number of methoxy groups -OCH3 is 2. The standard InChI is InChI=1S/C18H20O5/c1-11-8-13(22-2)5-6-14(11)15(18(20)21)9-12-4-7-17(23-3)16(19)10-12/h4-8,10,15,19H,9H2,1-3H3,(H,20,21). The van der Waals surface area contributed by atoms with Gasteiger partial charge in [0.2, 0.25) is 0 Å². The maximum Gasteiger partial charge on any atom is 0.311 e. The Labute approximate surface area is 135 Å². The monoisotopic (exact) mass is 316 g/mol. The SMILES string of the molecule is COc1ccc(C(Cc2ccc(OC)c(O)c2)C(=O)O)c(C)c1. The minimum atomic E-state index is -0.909. The molecule has 0 heterocycles. The first-order valence-electron chi connectivity index (χ1n) is 7.19. The number of phenols is 1. The fourth-order valence-electron chi connectivity index (χ4n) is 2.59. The zero-order valence-electron chi connectivity index (χ0n) is 13.4. The molecule has 0 radical (unpaired) electrons. The van der Waals surface area contributed by atoms with Crippen LogP contribution in [-0.4, -0.2) is 30.4 Å². The minimum Gasteiger partial charge on any atom is -0.504 e. The summed E-state index contributed by atoms with van der Waals surface area (Å²) < 4.78 is 10.2. The van der Waals surface area contributed by atoms with Crippen LogP contribution in [0, 0.1) is 6.92 Å². The fraction of sp³-hybridized carbons (Fsp3) is 0.278. The highest BCUT2D eigenvalue weighted by Crippen LogP contribution is 2.31. The first-order valence-corrected chi connectivity index (χ1v) is 7.19. The van der Waals surface area contributed by atoms with Gasteiger partial charge in [0, 0.05) is 0 Å². The molecule has 2 rings (SSSR count). The fourth-order valence-corrected chi connectivity index (χ4v) is 2.59. The van der Waals surface area contributed by atoms with Gasteiger partial charge in [-0.1, -0.05) is 12.1 Å². The number of carbonyl (C=O) groups is 1. The highest BCUT2D eigenvalue weighted by molar-refractivity contribution is 5.77. The average Bonchev–Trinajstić information content (AvgIpc) is 2.52. The van der Waals surface area contributed by atoms with Crippen LogP contribution in [0.15, 0.2) is 36.4 Å². The largest absolute Gasteiger partial charge is 0.504 e. The Hall–Kier alpha value is -2.69. The summed E-state index contributed by atoms with van der Waals surface area (Å²) in [6, 6.07) is 10.3. The molecule has 0 aliphatic heterocycles. The van der Waals surface area contributed by atoms with Gasteiger partial charge >= 0.3 is 5.97 Å². The number of aromatic hydroxyl groups is 1. The van der Waals surface area contributed by atoms with Crippen molar-refractivity contribution in [3.8, 4) is 17.2 Å². The molecule has 2 N–H and O–H groups in total. The smallest absolute Gasteiger partial charge is 0.311 e. The van der Waals surface area contributed by atoms with Crippen LogP contribution in [0.2, 0.25) is 0 Å². The summed E-state index contributed by atoms with van der Waals surface area (Å²) in [4.78, 5) is 11.7. The quantitative estimate of drug-likeness (QED) is 0.856. The van der Waals surface area contributed by atoms with Gasteiger partial charge in [-0.15, -0.1) is 0 Å². The molecule has 1 unspecified atom stereocenters. The lowest BCUT2D eigenvalue weighted by Gasteiger charge is -2.17. The Morgan fingerprint density at radius 3 is 2.39 bits per heavy atom. The van der Waals surface area contributed by atoms with Gasteiger partial charge in [0.15, 0.2) is 11.5 Å². The normalized spacial score (nSPS) is 11.8. The molecule has 2 aromatic rings. The van der Waals surface area contributed by atoms with Crippen LogP contribution in [0.25, 0.3) is 0 Å². The number of benzene rings is 2. The van der Waals surface area contributed by atoms with Gasteiger partial charge in [-0.3, -0.25) is 4.79 Å². The molecule has 0 saturated heterocycles. The Bertz CT molecular complexity index is 709. The van der Waals surface area contributed by atoms with Crippen molar-refractivity contribution in [3.63, 3.8) is 0 Å². The molecule has 122 valence electrons. The molecule has 0 fully saturated rings. The highest BCUT2D eigenvalue weighted by atomic mass is 16.5. The summed E-state index contributed by atoms with van der Waals surface area (Å²) in [6.07, 6.45) is 0.278. The summed E-state index contributed by atoms with van der Waals surface area (Å²) in [5.41, 5.74) is 2.31. The molecule has 0 aliphatic carbocycles. The van der Waals surface area contributed by atoms with Crippen molar-refractivity contribution < 1.29 is 24.5 Å². The average molecular weight is 316 g/mol. The predicted molar refractivity (Wildman–Crippen MR) is 86.5 cm³/mol. The molecule has 0 spiro atoms. The van der Waals surface area contributed by atoms with Crippen molar-refractivity contribution >= 4 is 5.97 Å². The molecule has 1 atom stereocenters. The number of carboxylic acids is 1. The van der Waals surface area contributed by atoms with Crippen LogP contribution in [-0.2, 0) is 11.2 Å². The van der Waals surface area contributed by atoms with Crippen molar-refractivity contribution in [2.75, 3.05) is 14.2 Å². The molecule has 0 bridgehead atoms. The zero-order chi connectivity index (χ0) is 17.0. The number of rotatable bonds is 6. The zero-order valence-corrected chi connectivity index (χ0v) is 13.4. The van der Waals surface area contributed by atoms with Crippen LogP contribution >= 0.6 is 0 Å². The summed E-state index contributed by atoms with van der Waals surface area (Å²) in [5, 5.41) is 19.4. The molecule has 0 aromatic heterocycles. The summed E-state index contributed by atoms with van der Waals surface area (Å²) in [7, 11) is 3.04. The lowest BCUT2D eigenvalue weighted by Crippen LogP contribution is -2.15. The highest BCUT2D eigenvalue weighted by Gasteiger charge is 2.23. The van der Waals surface area contributed by atoms with Crippen LogP contribution in [0.1, 0.15) is 22.6 Å². The molecule has 0 amide bonds. The van der Waals surface area contributed by atoms with Crippen molar-refractivity contribution in [2.45, 2.75) is 19.3 Å². The van der Waals surface area contributed by atoms with Crippen LogP contribution < -0.4 is 9.47 Å². The van der Waals surface area contributed by atoms with Crippen LogP contribution in [0.5, 0.6) is 17.2 Å². The lowest BCUT2D eigenvalue weighted by atomic mass is 9.89. The van der Waals surface area contributed by atoms with Crippen molar-refractivity contribution in [1.29, 1.82) is 0 Å². The first kappa shape index (κ1) is 16.7. The van der Waals surface area contributed by atoms with Gasteiger partial charge in [0.25, 0.3) is 0 Å². The summed E-state index contributed by atoms with van der Waals surface area (Å²) >= 11 is 0. The van der Waals surface area contributed by atoms with E-state index in [1.807, 2.05) is 13.0 Å². The summed E-state index contributed by atoms with van der Waals surface area (Å²) in [6.45, 7) is 1.86. The number of carboxylic acid groups (broad SMARTS) is 1. The van der Waals surface area contributed by atoms with E-state index in [1.165, 1.54) is 13.2 Å². The second kappa shape index (κ2) is 7.05. The second-order valence-electron chi connectivity index (χ2n) is 5.32. The Balaban J connectivity index is 2.32. The molecule has 2 aromatic carbocycles. The van der Waals surface area contributed by atoms with Crippen LogP contribution in [0.4, 0.5) is 0 Å². The third kappa shape index (κ3) is 3.74. The van der Waals surface area contributed by atoms with E-state index in [0.717, 1.165) is 16.7 Å². The van der Waals surface area contributed by atoms with E-state index >= 15 is 0 Å². The molecule has 0 aliphatic rings. The third-order valence-electron chi connectivity index (χ3n) is 3.83. The van der Waals surface area contributed by atoms with E-state index in [-0.39, 0.29) is 12.2 Å². The first-order chi connectivity index (χ1) is 11.0. The van der Waals surface area contributed by atoms with Crippen molar-refractivity contribution in [1.82, 2.24) is 0 Å². The van der Waals surface area contributed by atoms with Crippen molar-refractivity contribution in [2.24, 2.45) is 0 Å². The third-order valence-corrected chi connectivity index (χ3v) is 3.83. The number of aliphatic carboxylic acids is 1. The minimum absolute atomic E-state index is 0.000548. The van der Waals surface area contributed by atoms with Gasteiger partial charge in [0.05, 0.1) is 20.1 Å².